The van der Waals surface area contributed by atoms with Gasteiger partial charge < -0.3 is 15.4 Å². The summed E-state index contributed by atoms with van der Waals surface area (Å²) in [6.07, 6.45) is 8.31. The third-order valence-corrected chi connectivity index (χ3v) is 6.41. The van der Waals surface area contributed by atoms with Crippen LogP contribution in [0.15, 0.2) is 12.7 Å². The van der Waals surface area contributed by atoms with Crippen molar-refractivity contribution >= 4 is 17.0 Å². The zero-order valence-electron chi connectivity index (χ0n) is 15.3. The lowest BCUT2D eigenvalue weighted by molar-refractivity contribution is -0.0780. The van der Waals surface area contributed by atoms with Gasteiger partial charge >= 0.3 is 0 Å². The summed E-state index contributed by atoms with van der Waals surface area (Å²) >= 11 is 0. The van der Waals surface area contributed by atoms with E-state index in [1.165, 1.54) is 45.3 Å². The Morgan fingerprint density at radius 3 is 2.81 bits per heavy atom. The second kappa shape index (κ2) is 6.14. The van der Waals surface area contributed by atoms with Crippen LogP contribution < -0.4 is 5.73 Å². The summed E-state index contributed by atoms with van der Waals surface area (Å²) in [5, 5.41) is 0. The molecule has 2 aromatic heterocycles. The molecule has 2 aromatic rings. The highest BCUT2D eigenvalue weighted by Gasteiger charge is 2.45. The molecule has 2 unspecified atom stereocenters. The van der Waals surface area contributed by atoms with Crippen molar-refractivity contribution in [1.82, 2.24) is 29.3 Å². The topological polar surface area (TPSA) is 85.3 Å². The van der Waals surface area contributed by atoms with E-state index in [0.717, 1.165) is 25.0 Å². The molecule has 3 saturated heterocycles. The van der Waals surface area contributed by atoms with Crippen molar-refractivity contribution in [1.29, 1.82) is 0 Å². The first-order chi connectivity index (χ1) is 12.6. The Labute approximate surface area is 153 Å². The van der Waals surface area contributed by atoms with Crippen molar-refractivity contribution < 1.29 is 4.74 Å². The molecule has 0 saturated carbocycles. The van der Waals surface area contributed by atoms with Crippen LogP contribution in [-0.4, -0.2) is 75.2 Å². The molecular weight excluding hydrogens is 330 g/mol. The molecule has 5 heterocycles. The molecule has 3 aliphatic rings. The Kier molecular flexibility index (Phi) is 3.88. The van der Waals surface area contributed by atoms with Gasteiger partial charge in [0, 0.05) is 19.6 Å². The minimum atomic E-state index is -0.00198. The number of rotatable bonds is 3. The maximum atomic E-state index is 6.32. The zero-order chi connectivity index (χ0) is 17.7. The second-order valence-corrected chi connectivity index (χ2v) is 8.35. The van der Waals surface area contributed by atoms with Gasteiger partial charge in [-0.05, 0) is 51.2 Å². The van der Waals surface area contributed by atoms with Gasteiger partial charge in [-0.1, -0.05) is 0 Å². The van der Waals surface area contributed by atoms with Gasteiger partial charge in [-0.2, -0.15) is 0 Å². The molecular formula is C18H27N7O. The lowest BCUT2D eigenvalue weighted by atomic mass is 9.72. The van der Waals surface area contributed by atoms with Crippen LogP contribution in [-0.2, 0) is 4.74 Å². The lowest BCUT2D eigenvalue weighted by Crippen LogP contribution is -2.61. The van der Waals surface area contributed by atoms with E-state index in [1.54, 1.807) is 6.33 Å². The number of aromatic nitrogens is 4. The summed E-state index contributed by atoms with van der Waals surface area (Å²) in [6, 6.07) is 0. The van der Waals surface area contributed by atoms with E-state index < -0.39 is 0 Å². The number of fused-ring (bicyclic) bond motifs is 1. The largest absolute Gasteiger partial charge is 0.382 e. The van der Waals surface area contributed by atoms with Gasteiger partial charge in [0.15, 0.2) is 11.5 Å². The average molecular weight is 357 g/mol. The molecule has 8 heteroatoms. The molecule has 0 aliphatic carbocycles. The number of likely N-dealkylation sites (tertiary alicyclic amines) is 2. The number of nitrogens with zero attached hydrogens (tertiary/aromatic N) is 6. The van der Waals surface area contributed by atoms with Crippen LogP contribution in [0.2, 0.25) is 0 Å². The molecule has 1 spiro atoms. The van der Waals surface area contributed by atoms with Gasteiger partial charge in [-0.15, -0.1) is 0 Å². The van der Waals surface area contributed by atoms with Crippen molar-refractivity contribution in [3.8, 4) is 0 Å². The highest BCUT2D eigenvalue weighted by molar-refractivity contribution is 5.81. The van der Waals surface area contributed by atoms with E-state index in [1.807, 2.05) is 4.57 Å². The normalized spacial score (nSPS) is 29.4. The standard InChI is InChI=1S/C18H27N7O/c1-23-6-4-18(5-7-23)9-24(10-18)8-13-2-3-14(26-13)25-12-22-15-16(19)20-11-21-17(15)25/h11-14H,2-10H2,1H3,(H2,19,20,21). The highest BCUT2D eigenvalue weighted by atomic mass is 16.5. The van der Waals surface area contributed by atoms with Gasteiger partial charge in [0.2, 0.25) is 0 Å². The van der Waals surface area contributed by atoms with Gasteiger partial charge in [-0.3, -0.25) is 9.47 Å². The highest BCUT2D eigenvalue weighted by Crippen LogP contribution is 2.41. The van der Waals surface area contributed by atoms with E-state index in [-0.39, 0.29) is 6.23 Å². The van der Waals surface area contributed by atoms with Crippen molar-refractivity contribution in [2.75, 3.05) is 45.5 Å². The van der Waals surface area contributed by atoms with E-state index >= 15 is 0 Å². The summed E-state index contributed by atoms with van der Waals surface area (Å²) in [7, 11) is 2.23. The summed E-state index contributed by atoms with van der Waals surface area (Å²) in [6.45, 7) is 6.01. The van der Waals surface area contributed by atoms with E-state index in [4.69, 9.17) is 10.5 Å². The van der Waals surface area contributed by atoms with E-state index in [0.29, 0.717) is 22.9 Å². The number of imidazole rings is 1. The van der Waals surface area contributed by atoms with Crippen LogP contribution in [0.25, 0.3) is 11.2 Å². The summed E-state index contributed by atoms with van der Waals surface area (Å²) in [4.78, 5) is 17.7. The number of anilines is 1. The summed E-state index contributed by atoms with van der Waals surface area (Å²) < 4.78 is 8.33. The molecule has 5 rings (SSSR count). The average Bonchev–Trinajstić information content (AvgIpc) is 3.23. The van der Waals surface area contributed by atoms with Crippen molar-refractivity contribution in [2.24, 2.45) is 5.41 Å². The maximum Gasteiger partial charge on any atom is 0.167 e. The number of piperidine rings is 1. The van der Waals surface area contributed by atoms with Crippen LogP contribution in [0.3, 0.4) is 0 Å². The van der Waals surface area contributed by atoms with Crippen molar-refractivity contribution in [3.63, 3.8) is 0 Å². The first-order valence-corrected chi connectivity index (χ1v) is 9.61. The molecule has 0 radical (unpaired) electrons. The third kappa shape index (κ3) is 2.76. The zero-order valence-corrected chi connectivity index (χ0v) is 15.3. The molecule has 0 bridgehead atoms. The lowest BCUT2D eigenvalue weighted by Gasteiger charge is -2.54. The van der Waals surface area contributed by atoms with E-state index in [9.17, 15) is 0 Å². The third-order valence-electron chi connectivity index (χ3n) is 6.41. The van der Waals surface area contributed by atoms with Gasteiger partial charge in [-0.25, -0.2) is 15.0 Å². The monoisotopic (exact) mass is 357 g/mol. The predicted octanol–water partition coefficient (Wildman–Crippen LogP) is 1.11. The molecule has 26 heavy (non-hydrogen) atoms. The second-order valence-electron chi connectivity index (χ2n) is 8.35. The van der Waals surface area contributed by atoms with Crippen LogP contribution in [0.1, 0.15) is 31.9 Å². The molecule has 0 aromatic carbocycles. The Balaban J connectivity index is 1.19. The summed E-state index contributed by atoms with van der Waals surface area (Å²) in [5.74, 6) is 0.423. The molecule has 140 valence electrons. The van der Waals surface area contributed by atoms with Gasteiger partial charge in [0.1, 0.15) is 18.1 Å². The number of nitrogens with two attached hydrogens (primary N) is 1. The first-order valence-electron chi connectivity index (χ1n) is 9.61. The number of hydrogen-bond acceptors (Lipinski definition) is 7. The molecule has 3 aliphatic heterocycles. The molecule has 0 amide bonds. The van der Waals surface area contributed by atoms with Crippen LogP contribution in [0.5, 0.6) is 0 Å². The Hall–Kier alpha value is -1.77. The molecule has 2 atom stereocenters. The Morgan fingerprint density at radius 1 is 1.19 bits per heavy atom. The fourth-order valence-electron chi connectivity index (χ4n) is 4.84. The maximum absolute atomic E-state index is 6.32. The number of ether oxygens (including phenoxy) is 1. The fraction of sp³-hybridized carbons (Fsp3) is 0.722. The van der Waals surface area contributed by atoms with Crippen LogP contribution in [0, 0.1) is 5.41 Å². The first kappa shape index (κ1) is 16.4. The van der Waals surface area contributed by atoms with Gasteiger partial charge in [0.05, 0.1) is 12.4 Å². The minimum absolute atomic E-state index is 0.00198. The SMILES string of the molecule is CN1CCC2(CC1)CN(CC1CCC(n3cnc4c(N)ncnc43)O1)C2. The molecule has 2 N–H and O–H groups in total. The Bertz CT molecular complexity index is 790. The van der Waals surface area contributed by atoms with Gasteiger partial charge in [0.25, 0.3) is 0 Å². The molecule has 3 fully saturated rings. The quantitative estimate of drug-likeness (QED) is 0.881. The fourth-order valence-corrected chi connectivity index (χ4v) is 4.84. The van der Waals surface area contributed by atoms with E-state index in [2.05, 4.69) is 31.8 Å². The summed E-state index contributed by atoms with van der Waals surface area (Å²) in [5.41, 5.74) is 7.89. The number of nitrogen functional groups attached to an aromatic ring is 1. The van der Waals surface area contributed by atoms with Crippen LogP contribution >= 0.6 is 0 Å². The minimum Gasteiger partial charge on any atom is -0.382 e. The van der Waals surface area contributed by atoms with Crippen molar-refractivity contribution in [2.45, 2.75) is 38.0 Å². The smallest absolute Gasteiger partial charge is 0.167 e. The predicted molar refractivity (Wildman–Crippen MR) is 98.5 cm³/mol. The Morgan fingerprint density at radius 2 is 2.00 bits per heavy atom. The van der Waals surface area contributed by atoms with Crippen LogP contribution in [0.4, 0.5) is 5.82 Å². The van der Waals surface area contributed by atoms with Crippen molar-refractivity contribution in [3.05, 3.63) is 12.7 Å². The number of hydrogen-bond donors (Lipinski definition) is 1. The molecule has 8 nitrogen and oxygen atoms in total.